The van der Waals surface area contributed by atoms with Crippen LogP contribution < -0.4 is 4.90 Å². The summed E-state index contributed by atoms with van der Waals surface area (Å²) < 4.78 is 2.11. The number of likely N-dealkylation sites (N-methyl/N-ethyl adjacent to an activating group) is 1. The van der Waals surface area contributed by atoms with E-state index in [4.69, 9.17) is 12.2 Å². The van der Waals surface area contributed by atoms with Gasteiger partial charge in [0.2, 0.25) is 0 Å². The molecule has 0 atom stereocenters. The van der Waals surface area contributed by atoms with Crippen LogP contribution in [0.4, 0.5) is 5.69 Å². The molecule has 1 aromatic heterocycles. The molecule has 0 N–H and O–H groups in total. The Kier molecular flexibility index (Phi) is 10.1. The van der Waals surface area contributed by atoms with Gasteiger partial charge in [0.15, 0.2) is 5.16 Å². The molecule has 0 fully saturated rings. The number of thiocarbonyl (C=S) groups is 1. The van der Waals surface area contributed by atoms with Crippen LogP contribution in [0.25, 0.3) is 11.0 Å². The second kappa shape index (κ2) is 11.8. The minimum atomic E-state index is 0.933. The van der Waals surface area contributed by atoms with E-state index in [0.717, 1.165) is 22.1 Å². The van der Waals surface area contributed by atoms with Crippen molar-refractivity contribution < 1.29 is 0 Å². The van der Waals surface area contributed by atoms with Gasteiger partial charge < -0.3 is 9.47 Å². The van der Waals surface area contributed by atoms with Crippen LogP contribution in [0.1, 0.15) is 33.3 Å². The Labute approximate surface area is 173 Å². The molecule has 27 heavy (non-hydrogen) atoms. The topological polar surface area (TPSA) is 21.1 Å². The van der Waals surface area contributed by atoms with Crippen LogP contribution in [0.15, 0.2) is 53.7 Å². The summed E-state index contributed by atoms with van der Waals surface area (Å²) in [5, 5.41) is 1.07. The molecule has 3 nitrogen and oxygen atoms in total. The minimum Gasteiger partial charge on any atom is -0.339 e. The molecule has 1 aliphatic rings. The van der Waals surface area contributed by atoms with Gasteiger partial charge in [-0.05, 0) is 30.0 Å². The molecule has 5 heteroatoms. The van der Waals surface area contributed by atoms with Crippen molar-refractivity contribution in [1.29, 1.82) is 0 Å². The van der Waals surface area contributed by atoms with Gasteiger partial charge >= 0.3 is 0 Å². The van der Waals surface area contributed by atoms with Crippen LogP contribution in [0.5, 0.6) is 0 Å². The highest BCUT2D eigenvalue weighted by Gasteiger charge is 2.18. The van der Waals surface area contributed by atoms with E-state index in [1.807, 2.05) is 72.3 Å². The van der Waals surface area contributed by atoms with E-state index in [9.17, 15) is 0 Å². The van der Waals surface area contributed by atoms with Gasteiger partial charge in [-0.2, -0.15) is 0 Å². The molecular formula is C22H31N3S2. The summed E-state index contributed by atoms with van der Waals surface area (Å²) in [6.45, 7) is 8.00. The standard InChI is InChI=1S/C9H10N2S.C9H9NS.2C2H6/c1-11-8-6-4-3-5-7(8)10-9(11)12-2;1-10-8-5-3-2-4-7(8)6-9(10)11;2*1-2/h3-6H,1-2H3;2-5H,6H2,1H3;2*1-2H3. The van der Waals surface area contributed by atoms with Gasteiger partial charge in [-0.1, -0.05) is 82.0 Å². The Bertz CT molecular complexity index is 856. The number of benzene rings is 2. The summed E-state index contributed by atoms with van der Waals surface area (Å²) in [4.78, 5) is 7.55. The molecule has 4 rings (SSSR count). The number of imidazole rings is 1. The van der Waals surface area contributed by atoms with Crippen molar-refractivity contribution in [1.82, 2.24) is 9.55 Å². The first kappa shape index (κ1) is 23.2. The number of aromatic nitrogens is 2. The molecule has 0 aliphatic carbocycles. The molecule has 0 saturated heterocycles. The van der Waals surface area contributed by atoms with Crippen molar-refractivity contribution in [3.8, 4) is 0 Å². The number of anilines is 1. The molecule has 3 aromatic rings. The Balaban J connectivity index is 0.000000229. The molecule has 2 aromatic carbocycles. The average Bonchev–Trinajstić information content (AvgIpc) is 3.22. The number of hydrogen-bond donors (Lipinski definition) is 0. The van der Waals surface area contributed by atoms with E-state index >= 15 is 0 Å². The zero-order chi connectivity index (χ0) is 20.4. The van der Waals surface area contributed by atoms with E-state index in [0.29, 0.717) is 0 Å². The minimum absolute atomic E-state index is 0.933. The summed E-state index contributed by atoms with van der Waals surface area (Å²) in [6.07, 6.45) is 2.98. The van der Waals surface area contributed by atoms with Crippen molar-refractivity contribution in [3.05, 3.63) is 54.1 Å². The number of aryl methyl sites for hydroxylation is 1. The third-order valence-electron chi connectivity index (χ3n) is 4.00. The number of nitrogens with zero attached hydrogens (tertiary/aromatic N) is 3. The van der Waals surface area contributed by atoms with Gasteiger partial charge in [0.1, 0.15) is 0 Å². The van der Waals surface area contributed by atoms with Crippen LogP contribution >= 0.6 is 24.0 Å². The van der Waals surface area contributed by atoms with E-state index in [2.05, 4.69) is 38.7 Å². The first-order chi connectivity index (χ1) is 13.1. The predicted molar refractivity (Wildman–Crippen MR) is 126 cm³/mol. The Morgan fingerprint density at radius 1 is 0.926 bits per heavy atom. The predicted octanol–water partition coefficient (Wildman–Crippen LogP) is 6.35. The number of thioether (sulfide) groups is 1. The third-order valence-corrected chi connectivity index (χ3v) is 5.15. The highest BCUT2D eigenvalue weighted by Crippen LogP contribution is 2.27. The van der Waals surface area contributed by atoms with E-state index in [1.54, 1.807) is 11.8 Å². The van der Waals surface area contributed by atoms with Gasteiger partial charge in [-0.15, -0.1) is 0 Å². The second-order valence-corrected chi connectivity index (χ2v) is 6.65. The normalized spacial score (nSPS) is 11.5. The average molecular weight is 402 g/mol. The molecule has 2 heterocycles. The molecule has 0 unspecified atom stereocenters. The first-order valence-electron chi connectivity index (χ1n) is 9.41. The Hall–Kier alpha value is -1.85. The van der Waals surface area contributed by atoms with Crippen LogP contribution in [-0.2, 0) is 13.5 Å². The van der Waals surface area contributed by atoms with Crippen molar-refractivity contribution in [2.75, 3.05) is 18.2 Å². The summed E-state index contributed by atoms with van der Waals surface area (Å²) in [6, 6.07) is 16.5. The van der Waals surface area contributed by atoms with Gasteiger partial charge in [-0.3, -0.25) is 0 Å². The highest BCUT2D eigenvalue weighted by atomic mass is 32.2. The van der Waals surface area contributed by atoms with Crippen LogP contribution in [0.2, 0.25) is 0 Å². The largest absolute Gasteiger partial charge is 0.339 e. The van der Waals surface area contributed by atoms with E-state index < -0.39 is 0 Å². The van der Waals surface area contributed by atoms with Gasteiger partial charge in [0.05, 0.1) is 16.0 Å². The first-order valence-corrected chi connectivity index (χ1v) is 11.0. The monoisotopic (exact) mass is 401 g/mol. The van der Waals surface area contributed by atoms with Crippen molar-refractivity contribution in [3.63, 3.8) is 0 Å². The third kappa shape index (κ3) is 5.56. The van der Waals surface area contributed by atoms with Crippen LogP contribution in [0.3, 0.4) is 0 Å². The fraction of sp³-hybridized carbons (Fsp3) is 0.364. The lowest BCUT2D eigenvalue weighted by Crippen LogP contribution is -2.18. The smallest absolute Gasteiger partial charge is 0.168 e. The van der Waals surface area contributed by atoms with Crippen LogP contribution in [-0.4, -0.2) is 27.8 Å². The van der Waals surface area contributed by atoms with E-state index in [1.165, 1.54) is 16.8 Å². The number of hydrogen-bond acceptors (Lipinski definition) is 3. The lowest BCUT2D eigenvalue weighted by molar-refractivity contribution is 0.817. The molecular weight excluding hydrogens is 370 g/mol. The maximum Gasteiger partial charge on any atom is 0.168 e. The van der Waals surface area contributed by atoms with Crippen LogP contribution in [0, 0.1) is 0 Å². The van der Waals surface area contributed by atoms with Crippen molar-refractivity contribution >= 4 is 45.7 Å². The number of rotatable bonds is 1. The summed E-state index contributed by atoms with van der Waals surface area (Å²) in [7, 11) is 4.06. The molecule has 1 aliphatic heterocycles. The molecule has 146 valence electrons. The maximum absolute atomic E-state index is 5.17. The lowest BCUT2D eigenvalue weighted by atomic mass is 10.2. The molecule has 0 amide bonds. The van der Waals surface area contributed by atoms with Gasteiger partial charge in [0.25, 0.3) is 0 Å². The molecule has 0 bridgehead atoms. The SMILES string of the molecule is CC.CC.CN1C(=S)Cc2ccccc21.CSc1nc2ccccc2n1C. The second-order valence-electron chi connectivity index (χ2n) is 5.40. The zero-order valence-electron chi connectivity index (χ0n) is 17.5. The van der Waals surface area contributed by atoms with Crippen molar-refractivity contribution in [2.45, 2.75) is 39.3 Å². The summed E-state index contributed by atoms with van der Waals surface area (Å²) >= 11 is 6.85. The van der Waals surface area contributed by atoms with Crippen molar-refractivity contribution in [2.24, 2.45) is 7.05 Å². The summed E-state index contributed by atoms with van der Waals surface area (Å²) in [5.74, 6) is 0. The fourth-order valence-corrected chi connectivity index (χ4v) is 3.53. The maximum atomic E-state index is 5.17. The molecule has 0 spiro atoms. The number of fused-ring (bicyclic) bond motifs is 2. The lowest BCUT2D eigenvalue weighted by Gasteiger charge is -2.10. The highest BCUT2D eigenvalue weighted by molar-refractivity contribution is 7.98. The zero-order valence-corrected chi connectivity index (χ0v) is 19.1. The fourth-order valence-electron chi connectivity index (χ4n) is 2.71. The van der Waals surface area contributed by atoms with Gasteiger partial charge in [0, 0.05) is 26.2 Å². The number of para-hydroxylation sites is 3. The molecule has 0 saturated carbocycles. The quantitative estimate of drug-likeness (QED) is 0.349. The van der Waals surface area contributed by atoms with Gasteiger partial charge in [-0.25, -0.2) is 4.98 Å². The molecule has 0 radical (unpaired) electrons. The Morgan fingerprint density at radius 3 is 2.11 bits per heavy atom. The Morgan fingerprint density at radius 2 is 1.52 bits per heavy atom. The summed E-state index contributed by atoms with van der Waals surface area (Å²) in [5.41, 5.74) is 4.88. The van der Waals surface area contributed by atoms with E-state index in [-0.39, 0.29) is 0 Å².